The average Bonchev–Trinajstić information content (AvgIpc) is 2.33. The molecule has 1 aromatic rings. The summed E-state index contributed by atoms with van der Waals surface area (Å²) in [5.74, 6) is 2.12. The topological polar surface area (TPSA) is 60.2 Å². The van der Waals surface area contributed by atoms with Gasteiger partial charge in [-0.05, 0) is 5.92 Å². The van der Waals surface area contributed by atoms with Crippen molar-refractivity contribution < 1.29 is 5.48 Å². The van der Waals surface area contributed by atoms with Crippen LogP contribution in [-0.4, -0.2) is 15.4 Å². The highest BCUT2D eigenvalue weighted by Gasteiger charge is 2.06. The molecule has 0 radical (unpaired) electrons. The van der Waals surface area contributed by atoms with Gasteiger partial charge in [0.2, 0.25) is 0 Å². The van der Waals surface area contributed by atoms with Gasteiger partial charge in [0.05, 0.1) is 5.69 Å². The van der Waals surface area contributed by atoms with Crippen molar-refractivity contribution in [1.29, 1.82) is 0 Å². The van der Waals surface area contributed by atoms with Gasteiger partial charge in [0, 0.05) is 12.1 Å². The van der Waals surface area contributed by atoms with Crippen LogP contribution in [0.2, 0.25) is 0 Å². The van der Waals surface area contributed by atoms with Crippen LogP contribution in [0.25, 0.3) is 0 Å². The molecule has 3 nitrogen and oxygen atoms in total. The van der Waals surface area contributed by atoms with Gasteiger partial charge >= 0.3 is 0 Å². The third-order valence-electron chi connectivity index (χ3n) is 1.76. The molecular formula is C9H18N2O. The predicted molar refractivity (Wildman–Crippen MR) is 50.4 cm³/mol. The minimum Gasteiger partial charge on any atom is -0.412 e. The zero-order valence-electron chi connectivity index (χ0n) is 8.18. The third-order valence-corrected chi connectivity index (χ3v) is 1.76. The number of imidazole rings is 1. The number of rotatable bonds is 2. The Morgan fingerprint density at radius 1 is 1.17 bits per heavy atom. The Kier molecular flexibility index (Phi) is 3.96. The Morgan fingerprint density at radius 2 is 1.75 bits per heavy atom. The van der Waals surface area contributed by atoms with Crippen LogP contribution < -0.4 is 0 Å². The predicted octanol–water partition coefficient (Wildman–Crippen LogP) is 1.83. The number of hydrogen-bond acceptors (Lipinski definition) is 1. The van der Waals surface area contributed by atoms with E-state index in [4.69, 9.17) is 0 Å². The monoisotopic (exact) mass is 170 g/mol. The molecule has 0 saturated heterocycles. The summed E-state index contributed by atoms with van der Waals surface area (Å²) in [5.41, 5.74) is 1.16. The Labute approximate surface area is 73.5 Å². The molecule has 12 heavy (non-hydrogen) atoms. The largest absolute Gasteiger partial charge is 0.412 e. The summed E-state index contributed by atoms with van der Waals surface area (Å²) in [6, 6.07) is 0. The highest BCUT2D eigenvalue weighted by Crippen LogP contribution is 2.15. The number of nitrogens with one attached hydrogen (secondary N) is 1. The van der Waals surface area contributed by atoms with E-state index in [1.54, 1.807) is 0 Å². The Bertz CT molecular complexity index is 206. The minimum absolute atomic E-state index is 0. The maximum absolute atomic E-state index is 4.45. The van der Waals surface area contributed by atoms with E-state index < -0.39 is 0 Å². The van der Waals surface area contributed by atoms with Gasteiger partial charge in [-0.25, -0.2) is 4.98 Å². The summed E-state index contributed by atoms with van der Waals surface area (Å²) < 4.78 is 0. The lowest BCUT2D eigenvalue weighted by atomic mass is 10.1. The molecule has 0 spiro atoms. The molecule has 0 aliphatic rings. The molecule has 0 bridgehead atoms. The quantitative estimate of drug-likeness (QED) is 0.723. The molecule has 0 aromatic carbocycles. The maximum Gasteiger partial charge on any atom is 0.108 e. The zero-order valence-corrected chi connectivity index (χ0v) is 8.18. The van der Waals surface area contributed by atoms with E-state index in [0.717, 1.165) is 11.5 Å². The van der Waals surface area contributed by atoms with Crippen molar-refractivity contribution in [2.24, 2.45) is 0 Å². The van der Waals surface area contributed by atoms with E-state index in [2.05, 4.69) is 37.7 Å². The van der Waals surface area contributed by atoms with Crippen LogP contribution in [0.15, 0.2) is 6.20 Å². The molecule has 0 fully saturated rings. The van der Waals surface area contributed by atoms with Crippen molar-refractivity contribution in [3.8, 4) is 0 Å². The molecule has 0 aliphatic carbocycles. The van der Waals surface area contributed by atoms with Crippen LogP contribution in [0.3, 0.4) is 0 Å². The van der Waals surface area contributed by atoms with Crippen LogP contribution in [0.1, 0.15) is 51.0 Å². The first-order valence-corrected chi connectivity index (χ1v) is 4.16. The van der Waals surface area contributed by atoms with Gasteiger partial charge in [0.1, 0.15) is 5.82 Å². The molecule has 0 unspecified atom stereocenters. The second-order valence-electron chi connectivity index (χ2n) is 3.52. The first-order valence-electron chi connectivity index (χ1n) is 4.16. The first-order chi connectivity index (χ1) is 5.11. The fourth-order valence-corrected chi connectivity index (χ4v) is 0.943. The van der Waals surface area contributed by atoms with E-state index >= 15 is 0 Å². The standard InChI is InChI=1S/C9H16N2.H2O/c1-6(2)8-5-10-9(11-8)7(3)4;/h5-7H,1-4H3,(H,10,11);1H2. The van der Waals surface area contributed by atoms with Crippen LogP contribution in [-0.2, 0) is 0 Å². The van der Waals surface area contributed by atoms with Crippen molar-refractivity contribution in [3.05, 3.63) is 17.7 Å². The van der Waals surface area contributed by atoms with E-state index in [0.29, 0.717) is 11.8 Å². The summed E-state index contributed by atoms with van der Waals surface area (Å²) in [6.07, 6.45) is 2.00. The lowest BCUT2D eigenvalue weighted by molar-refractivity contribution is 0.771. The van der Waals surface area contributed by atoms with Gasteiger partial charge in [0.25, 0.3) is 0 Å². The Balaban J connectivity index is 0.00000121. The van der Waals surface area contributed by atoms with Gasteiger partial charge in [0.15, 0.2) is 0 Å². The number of hydrogen-bond donors (Lipinski definition) is 1. The number of aromatic amines is 1. The van der Waals surface area contributed by atoms with Crippen LogP contribution in [0, 0.1) is 0 Å². The second-order valence-corrected chi connectivity index (χ2v) is 3.52. The van der Waals surface area contributed by atoms with E-state index in [-0.39, 0.29) is 5.48 Å². The van der Waals surface area contributed by atoms with Gasteiger partial charge < -0.3 is 10.5 Å². The molecule has 0 amide bonds. The molecule has 3 N–H and O–H groups in total. The van der Waals surface area contributed by atoms with Gasteiger partial charge in [-0.2, -0.15) is 0 Å². The van der Waals surface area contributed by atoms with Crippen molar-refractivity contribution in [2.45, 2.75) is 39.5 Å². The average molecular weight is 170 g/mol. The van der Waals surface area contributed by atoms with Gasteiger partial charge in [-0.3, -0.25) is 0 Å². The highest BCUT2D eigenvalue weighted by molar-refractivity contribution is 5.07. The molecule has 1 heterocycles. The lowest BCUT2D eigenvalue weighted by Crippen LogP contribution is -1.91. The Hall–Kier alpha value is -0.830. The molecule has 70 valence electrons. The molecule has 0 saturated carbocycles. The fourth-order valence-electron chi connectivity index (χ4n) is 0.943. The Morgan fingerprint density at radius 3 is 2.00 bits per heavy atom. The van der Waals surface area contributed by atoms with Gasteiger partial charge in [-0.15, -0.1) is 0 Å². The van der Waals surface area contributed by atoms with Crippen LogP contribution >= 0.6 is 0 Å². The maximum atomic E-state index is 4.45. The smallest absolute Gasteiger partial charge is 0.108 e. The SMILES string of the molecule is CC(C)c1c[nH]c(C(C)C)n1.O. The fraction of sp³-hybridized carbons (Fsp3) is 0.667. The zero-order chi connectivity index (χ0) is 8.43. The lowest BCUT2D eigenvalue weighted by Gasteiger charge is -1.98. The highest BCUT2D eigenvalue weighted by atomic mass is 16.0. The van der Waals surface area contributed by atoms with E-state index in [1.165, 1.54) is 0 Å². The third kappa shape index (κ3) is 2.34. The van der Waals surface area contributed by atoms with Crippen molar-refractivity contribution in [2.75, 3.05) is 0 Å². The summed E-state index contributed by atoms with van der Waals surface area (Å²) in [6.45, 7) is 8.59. The second kappa shape index (κ2) is 4.26. The van der Waals surface area contributed by atoms with E-state index in [9.17, 15) is 0 Å². The number of H-pyrrole nitrogens is 1. The van der Waals surface area contributed by atoms with Crippen molar-refractivity contribution in [3.63, 3.8) is 0 Å². The summed E-state index contributed by atoms with van der Waals surface area (Å²) in [4.78, 5) is 7.63. The van der Waals surface area contributed by atoms with E-state index in [1.807, 2.05) is 6.20 Å². The molecule has 3 heteroatoms. The summed E-state index contributed by atoms with van der Waals surface area (Å²) in [5, 5.41) is 0. The minimum atomic E-state index is 0. The summed E-state index contributed by atoms with van der Waals surface area (Å²) >= 11 is 0. The molecule has 0 aliphatic heterocycles. The molecular weight excluding hydrogens is 152 g/mol. The van der Waals surface area contributed by atoms with Crippen LogP contribution in [0.5, 0.6) is 0 Å². The van der Waals surface area contributed by atoms with Crippen LogP contribution in [0.4, 0.5) is 0 Å². The molecule has 0 atom stereocenters. The number of aromatic nitrogens is 2. The van der Waals surface area contributed by atoms with Gasteiger partial charge in [-0.1, -0.05) is 27.7 Å². The summed E-state index contributed by atoms with van der Waals surface area (Å²) in [7, 11) is 0. The first kappa shape index (κ1) is 11.2. The number of nitrogens with zero attached hydrogens (tertiary/aromatic N) is 1. The normalized spacial score (nSPS) is 10.5. The molecule has 1 aromatic heterocycles. The van der Waals surface area contributed by atoms with Crippen molar-refractivity contribution in [1.82, 2.24) is 9.97 Å². The van der Waals surface area contributed by atoms with Crippen molar-refractivity contribution >= 4 is 0 Å². The molecule has 1 rings (SSSR count).